The van der Waals surface area contributed by atoms with Gasteiger partial charge in [0.25, 0.3) is 5.91 Å². The predicted molar refractivity (Wildman–Crippen MR) is 121 cm³/mol. The molecular formula is C22H22Cl2N6O. The topological polar surface area (TPSA) is 83.9 Å². The lowest BCUT2D eigenvalue weighted by Crippen LogP contribution is -2.51. The van der Waals surface area contributed by atoms with Crippen LogP contribution in [0, 0.1) is 5.92 Å². The number of rotatable bonds is 5. The van der Waals surface area contributed by atoms with E-state index in [-0.39, 0.29) is 11.9 Å². The normalized spacial score (nSPS) is 18.6. The molecular weight excluding hydrogens is 435 g/mol. The highest BCUT2D eigenvalue weighted by molar-refractivity contribution is 6.34. The van der Waals surface area contributed by atoms with Crippen molar-refractivity contribution < 1.29 is 4.79 Å². The van der Waals surface area contributed by atoms with E-state index in [1.165, 1.54) is 0 Å². The Balaban J connectivity index is 1.62. The Morgan fingerprint density at radius 1 is 1.13 bits per heavy atom. The zero-order valence-electron chi connectivity index (χ0n) is 17.0. The van der Waals surface area contributed by atoms with Crippen molar-refractivity contribution in [2.45, 2.75) is 25.8 Å². The van der Waals surface area contributed by atoms with Gasteiger partial charge in [0.1, 0.15) is 0 Å². The van der Waals surface area contributed by atoms with E-state index in [4.69, 9.17) is 23.2 Å². The van der Waals surface area contributed by atoms with Gasteiger partial charge in [0.05, 0.1) is 39.6 Å². The molecule has 0 unspecified atom stereocenters. The Kier molecular flexibility index (Phi) is 6.63. The first kappa shape index (κ1) is 21.5. The minimum Gasteiger partial charge on any atom is -0.352 e. The summed E-state index contributed by atoms with van der Waals surface area (Å²) in [7, 11) is 0. The van der Waals surface area contributed by atoms with Crippen molar-refractivity contribution in [2.75, 3.05) is 18.4 Å². The number of amides is 1. The van der Waals surface area contributed by atoms with Crippen LogP contribution in [0.15, 0.2) is 49.1 Å². The summed E-state index contributed by atoms with van der Waals surface area (Å²) < 4.78 is 0. The van der Waals surface area contributed by atoms with Gasteiger partial charge in [0, 0.05) is 25.5 Å². The standard InChI is InChI=1S/C22H22Cl2N6O/c1-14-5-3-10-30(18(14)13-29-22-27-11-15(23)12-28-22)21(31)16-6-2-7-17(24)19(16)20-25-8-4-9-26-20/h2,4,6-9,11-12,14,18H,3,5,10,13H2,1H3,(H,27,28,29)/t14-,18-/m1/s1. The summed E-state index contributed by atoms with van der Waals surface area (Å²) in [6, 6.07) is 7.02. The molecule has 160 valence electrons. The minimum absolute atomic E-state index is 0.0240. The SMILES string of the molecule is C[C@@H]1CCCN(C(=O)c2cccc(Cl)c2-c2ncccn2)[C@@H]1CNc1ncc(Cl)cn1. The van der Waals surface area contributed by atoms with Crippen molar-refractivity contribution >= 4 is 35.1 Å². The van der Waals surface area contributed by atoms with Gasteiger partial charge in [-0.05, 0) is 37.0 Å². The van der Waals surface area contributed by atoms with Crippen LogP contribution in [0.4, 0.5) is 5.95 Å². The molecule has 0 bridgehead atoms. The monoisotopic (exact) mass is 456 g/mol. The largest absolute Gasteiger partial charge is 0.352 e. The van der Waals surface area contributed by atoms with Crippen LogP contribution < -0.4 is 5.32 Å². The molecule has 2 atom stereocenters. The number of nitrogens with zero attached hydrogens (tertiary/aromatic N) is 5. The highest BCUT2D eigenvalue weighted by Gasteiger charge is 2.34. The van der Waals surface area contributed by atoms with Gasteiger partial charge in [-0.25, -0.2) is 19.9 Å². The van der Waals surface area contributed by atoms with Crippen molar-refractivity contribution in [2.24, 2.45) is 5.92 Å². The molecule has 1 saturated heterocycles. The summed E-state index contributed by atoms with van der Waals surface area (Å²) in [6.07, 6.45) is 8.36. The Hall–Kier alpha value is -2.77. The average molecular weight is 457 g/mol. The highest BCUT2D eigenvalue weighted by atomic mass is 35.5. The van der Waals surface area contributed by atoms with Crippen LogP contribution in [0.5, 0.6) is 0 Å². The van der Waals surface area contributed by atoms with Gasteiger partial charge in [-0.1, -0.05) is 36.2 Å². The number of likely N-dealkylation sites (tertiary alicyclic amines) is 1. The first-order valence-corrected chi connectivity index (χ1v) is 10.9. The van der Waals surface area contributed by atoms with E-state index >= 15 is 0 Å². The maximum atomic E-state index is 13.7. The van der Waals surface area contributed by atoms with Crippen molar-refractivity contribution in [1.29, 1.82) is 0 Å². The van der Waals surface area contributed by atoms with Gasteiger partial charge in [-0.3, -0.25) is 4.79 Å². The van der Waals surface area contributed by atoms with Gasteiger partial charge in [0.2, 0.25) is 5.95 Å². The lowest BCUT2D eigenvalue weighted by molar-refractivity contribution is 0.0540. The lowest BCUT2D eigenvalue weighted by atomic mass is 9.89. The molecule has 1 amide bonds. The number of hydrogen-bond donors (Lipinski definition) is 1. The average Bonchev–Trinajstić information content (AvgIpc) is 2.79. The molecule has 1 fully saturated rings. The van der Waals surface area contributed by atoms with Crippen LogP contribution in [-0.4, -0.2) is 49.9 Å². The van der Waals surface area contributed by atoms with E-state index < -0.39 is 0 Å². The minimum atomic E-state index is -0.0830. The van der Waals surface area contributed by atoms with Crippen LogP contribution >= 0.6 is 23.2 Å². The third-order valence-corrected chi connectivity index (χ3v) is 6.01. The summed E-state index contributed by atoms with van der Waals surface area (Å²) in [5.41, 5.74) is 1.06. The number of piperidine rings is 1. The molecule has 1 aromatic carbocycles. The second kappa shape index (κ2) is 9.58. The number of carbonyl (C=O) groups excluding carboxylic acids is 1. The molecule has 0 radical (unpaired) electrons. The summed E-state index contributed by atoms with van der Waals surface area (Å²) in [4.78, 5) is 32.6. The number of hydrogen-bond acceptors (Lipinski definition) is 6. The van der Waals surface area contributed by atoms with Gasteiger partial charge < -0.3 is 10.2 Å². The van der Waals surface area contributed by atoms with E-state index in [0.717, 1.165) is 12.8 Å². The maximum Gasteiger partial charge on any atom is 0.254 e. The summed E-state index contributed by atoms with van der Waals surface area (Å²) in [6.45, 7) is 3.36. The number of aromatic nitrogens is 4. The Morgan fingerprint density at radius 3 is 2.61 bits per heavy atom. The van der Waals surface area contributed by atoms with E-state index in [9.17, 15) is 4.79 Å². The van der Waals surface area contributed by atoms with E-state index in [2.05, 4.69) is 32.2 Å². The molecule has 3 aromatic rings. The molecule has 0 spiro atoms. The molecule has 1 N–H and O–H groups in total. The van der Waals surface area contributed by atoms with Gasteiger partial charge in [-0.2, -0.15) is 0 Å². The third-order valence-electron chi connectivity index (χ3n) is 5.50. The van der Waals surface area contributed by atoms with Gasteiger partial charge >= 0.3 is 0 Å². The van der Waals surface area contributed by atoms with Crippen molar-refractivity contribution in [1.82, 2.24) is 24.8 Å². The van der Waals surface area contributed by atoms with Crippen LogP contribution in [0.2, 0.25) is 10.0 Å². The quantitative estimate of drug-likeness (QED) is 0.603. The molecule has 0 saturated carbocycles. The highest BCUT2D eigenvalue weighted by Crippen LogP contribution is 2.32. The Bertz CT molecular complexity index is 1050. The van der Waals surface area contributed by atoms with Crippen LogP contribution in [0.1, 0.15) is 30.1 Å². The van der Waals surface area contributed by atoms with Crippen molar-refractivity contribution in [3.63, 3.8) is 0 Å². The summed E-state index contributed by atoms with van der Waals surface area (Å²) in [5, 5.41) is 4.17. The molecule has 7 nitrogen and oxygen atoms in total. The Morgan fingerprint density at radius 2 is 1.87 bits per heavy atom. The first-order chi connectivity index (χ1) is 15.0. The van der Waals surface area contributed by atoms with Gasteiger partial charge in [-0.15, -0.1) is 0 Å². The fraction of sp³-hybridized carbons (Fsp3) is 0.318. The maximum absolute atomic E-state index is 13.7. The predicted octanol–water partition coefficient (Wildman–Crippen LogP) is 4.59. The second-order valence-electron chi connectivity index (χ2n) is 7.53. The smallest absolute Gasteiger partial charge is 0.254 e. The number of halogens is 2. The van der Waals surface area contributed by atoms with Crippen LogP contribution in [0.25, 0.3) is 11.4 Å². The van der Waals surface area contributed by atoms with Gasteiger partial charge in [0.15, 0.2) is 5.82 Å². The molecule has 1 aliphatic heterocycles. The van der Waals surface area contributed by atoms with Crippen LogP contribution in [0.3, 0.4) is 0 Å². The molecule has 0 aliphatic carbocycles. The molecule has 1 aliphatic rings. The number of anilines is 1. The fourth-order valence-electron chi connectivity index (χ4n) is 3.92. The molecule has 3 heterocycles. The lowest BCUT2D eigenvalue weighted by Gasteiger charge is -2.40. The van der Waals surface area contributed by atoms with Crippen LogP contribution in [-0.2, 0) is 0 Å². The number of benzene rings is 1. The molecule has 31 heavy (non-hydrogen) atoms. The zero-order valence-corrected chi connectivity index (χ0v) is 18.5. The third kappa shape index (κ3) is 4.78. The van der Waals surface area contributed by atoms with E-state index in [0.29, 0.717) is 52.0 Å². The Labute approximate surface area is 190 Å². The molecule has 4 rings (SSSR count). The van der Waals surface area contributed by atoms with E-state index in [1.807, 2.05) is 4.90 Å². The van der Waals surface area contributed by atoms with E-state index in [1.54, 1.807) is 49.1 Å². The molecule has 2 aromatic heterocycles. The first-order valence-electron chi connectivity index (χ1n) is 10.1. The fourth-order valence-corrected chi connectivity index (χ4v) is 4.28. The number of nitrogens with one attached hydrogen (secondary N) is 1. The second-order valence-corrected chi connectivity index (χ2v) is 8.37. The van der Waals surface area contributed by atoms with Crippen molar-refractivity contribution in [3.8, 4) is 11.4 Å². The molecule has 9 heteroatoms. The zero-order chi connectivity index (χ0) is 21.8. The summed E-state index contributed by atoms with van der Waals surface area (Å²) in [5.74, 6) is 1.15. The van der Waals surface area contributed by atoms with Crippen molar-refractivity contribution in [3.05, 3.63) is 64.7 Å². The summed E-state index contributed by atoms with van der Waals surface area (Å²) >= 11 is 12.3. The number of carbonyl (C=O) groups is 1.